The summed E-state index contributed by atoms with van der Waals surface area (Å²) < 4.78 is 0. The third-order valence-corrected chi connectivity index (χ3v) is 4.67. The fraction of sp³-hybridized carbons (Fsp3) is 0.611. The number of rotatable bonds is 5. The van der Waals surface area contributed by atoms with Gasteiger partial charge in [-0.25, -0.2) is 0 Å². The average molecular weight is 273 g/mol. The Balaban J connectivity index is 1.97. The number of Topliss-reactive ketones (excluding diaryl/α,β-unsaturated/α-hetero) is 1. The molecule has 1 aliphatic rings. The van der Waals surface area contributed by atoms with E-state index in [9.17, 15) is 4.79 Å². The van der Waals surface area contributed by atoms with Crippen LogP contribution in [0.5, 0.6) is 0 Å². The van der Waals surface area contributed by atoms with Crippen LogP contribution in [0.1, 0.15) is 56.0 Å². The van der Waals surface area contributed by atoms with Crippen LogP contribution in [0.25, 0.3) is 0 Å². The minimum atomic E-state index is 0.258. The Morgan fingerprint density at radius 3 is 2.60 bits per heavy atom. The number of aryl methyl sites for hydroxylation is 1. The van der Waals surface area contributed by atoms with E-state index < -0.39 is 0 Å². The topological polar surface area (TPSA) is 20.3 Å². The molecule has 0 aromatic heterocycles. The first kappa shape index (κ1) is 15.2. The molecule has 2 heteroatoms. The second-order valence-corrected chi connectivity index (χ2v) is 6.20. The highest BCUT2D eigenvalue weighted by Crippen LogP contribution is 2.23. The van der Waals surface area contributed by atoms with Crippen molar-refractivity contribution in [3.63, 3.8) is 0 Å². The van der Waals surface area contributed by atoms with E-state index in [1.807, 2.05) is 12.1 Å². The van der Waals surface area contributed by atoms with Crippen LogP contribution in [0.3, 0.4) is 0 Å². The van der Waals surface area contributed by atoms with Gasteiger partial charge in [-0.15, -0.1) is 0 Å². The van der Waals surface area contributed by atoms with Gasteiger partial charge < -0.3 is 0 Å². The van der Waals surface area contributed by atoms with Crippen LogP contribution in [0.15, 0.2) is 24.3 Å². The summed E-state index contributed by atoms with van der Waals surface area (Å²) in [6.07, 6.45) is 4.75. The van der Waals surface area contributed by atoms with Gasteiger partial charge in [0, 0.05) is 11.6 Å². The number of hydrogen-bond donors (Lipinski definition) is 0. The highest BCUT2D eigenvalue weighted by molar-refractivity contribution is 5.97. The van der Waals surface area contributed by atoms with Gasteiger partial charge in [0.05, 0.1) is 6.54 Å². The van der Waals surface area contributed by atoms with Crippen LogP contribution in [0, 0.1) is 5.92 Å². The number of ketones is 1. The Labute approximate surface area is 123 Å². The first-order valence-corrected chi connectivity index (χ1v) is 7.98. The number of nitrogens with zero attached hydrogens (tertiary/aromatic N) is 1. The minimum absolute atomic E-state index is 0.258. The zero-order valence-electron chi connectivity index (χ0n) is 13.1. The van der Waals surface area contributed by atoms with E-state index in [1.165, 1.54) is 18.4 Å². The Bertz CT molecular complexity index is 437. The van der Waals surface area contributed by atoms with Crippen molar-refractivity contribution in [2.45, 2.75) is 52.5 Å². The molecule has 2 atom stereocenters. The number of likely N-dealkylation sites (tertiary alicyclic amines) is 1. The van der Waals surface area contributed by atoms with Crippen LogP contribution in [-0.2, 0) is 6.42 Å². The Kier molecular flexibility index (Phi) is 5.36. The third-order valence-electron chi connectivity index (χ3n) is 4.67. The molecule has 1 saturated heterocycles. The lowest BCUT2D eigenvalue weighted by Gasteiger charge is -2.37. The lowest BCUT2D eigenvalue weighted by atomic mass is 9.91. The Morgan fingerprint density at radius 1 is 1.25 bits per heavy atom. The molecular formula is C18H27NO. The summed E-state index contributed by atoms with van der Waals surface area (Å²) in [5, 5.41) is 0. The molecule has 2 unspecified atom stereocenters. The number of carbonyl (C=O) groups is 1. The van der Waals surface area contributed by atoms with Gasteiger partial charge in [-0.2, -0.15) is 0 Å². The van der Waals surface area contributed by atoms with Crippen molar-refractivity contribution in [2.75, 3.05) is 13.1 Å². The first-order valence-electron chi connectivity index (χ1n) is 7.98. The van der Waals surface area contributed by atoms with Crippen LogP contribution >= 0.6 is 0 Å². The maximum absolute atomic E-state index is 12.4. The quantitative estimate of drug-likeness (QED) is 0.757. The van der Waals surface area contributed by atoms with E-state index in [4.69, 9.17) is 0 Å². The summed E-state index contributed by atoms with van der Waals surface area (Å²) in [6.45, 7) is 8.35. The summed E-state index contributed by atoms with van der Waals surface area (Å²) in [6, 6.07) is 8.70. The standard InChI is InChI=1S/C18H27NO/c1-4-6-16-8-10-17(11-9-16)18(20)13-19-12-5-7-14(2)15(19)3/h8-11,14-15H,4-7,12-13H2,1-3H3. The molecule has 0 aliphatic carbocycles. The maximum atomic E-state index is 12.4. The lowest BCUT2D eigenvalue weighted by molar-refractivity contribution is 0.0779. The molecule has 1 heterocycles. The van der Waals surface area contributed by atoms with Crippen molar-refractivity contribution in [1.29, 1.82) is 0 Å². The van der Waals surface area contributed by atoms with E-state index in [-0.39, 0.29) is 5.78 Å². The van der Waals surface area contributed by atoms with Crippen molar-refractivity contribution in [3.8, 4) is 0 Å². The SMILES string of the molecule is CCCc1ccc(C(=O)CN2CCCC(C)C2C)cc1. The zero-order chi connectivity index (χ0) is 14.5. The molecule has 0 amide bonds. The summed E-state index contributed by atoms with van der Waals surface area (Å²) in [7, 11) is 0. The molecule has 0 bridgehead atoms. The molecule has 2 nitrogen and oxygen atoms in total. The molecule has 110 valence electrons. The first-order chi connectivity index (χ1) is 9.61. The fourth-order valence-electron chi connectivity index (χ4n) is 3.07. The molecule has 20 heavy (non-hydrogen) atoms. The largest absolute Gasteiger partial charge is 0.293 e. The summed E-state index contributed by atoms with van der Waals surface area (Å²) >= 11 is 0. The van der Waals surface area contributed by atoms with Gasteiger partial charge in [-0.05, 0) is 44.2 Å². The third kappa shape index (κ3) is 3.69. The molecule has 2 rings (SSSR count). The number of carbonyl (C=O) groups excluding carboxylic acids is 1. The van der Waals surface area contributed by atoms with E-state index in [2.05, 4.69) is 37.8 Å². The predicted octanol–water partition coefficient (Wildman–Crippen LogP) is 3.94. The number of hydrogen-bond acceptors (Lipinski definition) is 2. The molecule has 1 aromatic carbocycles. The average Bonchev–Trinajstić information content (AvgIpc) is 2.45. The summed E-state index contributed by atoms with van der Waals surface area (Å²) in [5.74, 6) is 0.956. The second-order valence-electron chi connectivity index (χ2n) is 6.20. The van der Waals surface area contributed by atoms with Crippen molar-refractivity contribution >= 4 is 5.78 Å². The summed E-state index contributed by atoms with van der Waals surface area (Å²) in [4.78, 5) is 14.7. The monoisotopic (exact) mass is 273 g/mol. The Hall–Kier alpha value is -1.15. The molecule has 1 fully saturated rings. The predicted molar refractivity (Wildman–Crippen MR) is 84.2 cm³/mol. The van der Waals surface area contributed by atoms with Crippen LogP contribution in [0.2, 0.25) is 0 Å². The zero-order valence-corrected chi connectivity index (χ0v) is 13.1. The van der Waals surface area contributed by atoms with Gasteiger partial charge in [-0.3, -0.25) is 9.69 Å². The number of piperidine rings is 1. The van der Waals surface area contributed by atoms with Gasteiger partial charge in [0.25, 0.3) is 0 Å². The van der Waals surface area contributed by atoms with E-state index in [0.29, 0.717) is 18.5 Å². The summed E-state index contributed by atoms with van der Waals surface area (Å²) in [5.41, 5.74) is 2.18. The van der Waals surface area contributed by atoms with Crippen LogP contribution < -0.4 is 0 Å². The smallest absolute Gasteiger partial charge is 0.176 e. The van der Waals surface area contributed by atoms with Gasteiger partial charge in [0.2, 0.25) is 0 Å². The van der Waals surface area contributed by atoms with Crippen LogP contribution in [0.4, 0.5) is 0 Å². The fourth-order valence-corrected chi connectivity index (χ4v) is 3.07. The van der Waals surface area contributed by atoms with E-state index in [0.717, 1.165) is 24.9 Å². The number of benzene rings is 1. The molecular weight excluding hydrogens is 246 g/mol. The molecule has 0 spiro atoms. The molecule has 0 N–H and O–H groups in total. The van der Waals surface area contributed by atoms with Crippen molar-refractivity contribution in [3.05, 3.63) is 35.4 Å². The second kappa shape index (κ2) is 7.03. The highest BCUT2D eigenvalue weighted by Gasteiger charge is 2.26. The van der Waals surface area contributed by atoms with Crippen molar-refractivity contribution in [2.24, 2.45) is 5.92 Å². The van der Waals surface area contributed by atoms with Gasteiger partial charge >= 0.3 is 0 Å². The lowest BCUT2D eigenvalue weighted by Crippen LogP contribution is -2.44. The highest BCUT2D eigenvalue weighted by atomic mass is 16.1. The van der Waals surface area contributed by atoms with Gasteiger partial charge in [0.15, 0.2) is 5.78 Å². The molecule has 1 aromatic rings. The Morgan fingerprint density at radius 2 is 1.95 bits per heavy atom. The van der Waals surface area contributed by atoms with Crippen LogP contribution in [-0.4, -0.2) is 29.8 Å². The molecule has 1 aliphatic heterocycles. The molecule has 0 radical (unpaired) electrons. The minimum Gasteiger partial charge on any atom is -0.293 e. The van der Waals surface area contributed by atoms with E-state index in [1.54, 1.807) is 0 Å². The normalized spacial score (nSPS) is 23.8. The van der Waals surface area contributed by atoms with Gasteiger partial charge in [0.1, 0.15) is 0 Å². The molecule has 0 saturated carbocycles. The van der Waals surface area contributed by atoms with E-state index >= 15 is 0 Å². The maximum Gasteiger partial charge on any atom is 0.176 e. The van der Waals surface area contributed by atoms with Gasteiger partial charge in [-0.1, -0.05) is 44.5 Å². The van der Waals surface area contributed by atoms with Crippen molar-refractivity contribution in [1.82, 2.24) is 4.90 Å². The van der Waals surface area contributed by atoms with Crippen molar-refractivity contribution < 1.29 is 4.79 Å².